The van der Waals surface area contributed by atoms with Crippen LogP contribution in [-0.2, 0) is 12.8 Å². The van der Waals surface area contributed by atoms with Crippen molar-refractivity contribution in [2.24, 2.45) is 0 Å². The Bertz CT molecular complexity index is 1400. The standard InChI is InChI=1S/C22H15F2N5O3S/c23-15-6-7-17(29(31)32)18(24)19(15)27-21(30)22-26-16-3-1-2-12-4-5-13(28-9-8-25-11-28)10-14(12)20(16)33-22/h4-11H,1-3H2,(H,27,30). The van der Waals surface area contributed by atoms with Crippen molar-refractivity contribution >= 4 is 28.6 Å². The zero-order valence-electron chi connectivity index (χ0n) is 16.9. The maximum Gasteiger partial charge on any atom is 0.307 e. The molecule has 166 valence electrons. The summed E-state index contributed by atoms with van der Waals surface area (Å²) in [6.45, 7) is 0. The van der Waals surface area contributed by atoms with Gasteiger partial charge in [-0.3, -0.25) is 14.9 Å². The minimum absolute atomic E-state index is 0.0196. The average molecular weight is 467 g/mol. The van der Waals surface area contributed by atoms with Gasteiger partial charge >= 0.3 is 5.69 Å². The molecule has 0 aliphatic heterocycles. The summed E-state index contributed by atoms with van der Waals surface area (Å²) in [4.78, 5) is 32.1. The van der Waals surface area contributed by atoms with Crippen molar-refractivity contribution in [3.8, 4) is 16.1 Å². The number of hydrogen-bond donors (Lipinski definition) is 1. The summed E-state index contributed by atoms with van der Waals surface area (Å²) < 4.78 is 30.4. The van der Waals surface area contributed by atoms with Crippen LogP contribution in [0.5, 0.6) is 0 Å². The Balaban J connectivity index is 1.51. The van der Waals surface area contributed by atoms with Gasteiger partial charge in [0, 0.05) is 24.1 Å². The van der Waals surface area contributed by atoms with Gasteiger partial charge in [0.25, 0.3) is 5.91 Å². The lowest BCUT2D eigenvalue weighted by Crippen LogP contribution is -2.15. The van der Waals surface area contributed by atoms with E-state index < -0.39 is 33.8 Å². The summed E-state index contributed by atoms with van der Waals surface area (Å²) in [5.41, 5.74) is 1.89. The van der Waals surface area contributed by atoms with Crippen LogP contribution in [0.4, 0.5) is 20.2 Å². The third-order valence-electron chi connectivity index (χ3n) is 5.40. The van der Waals surface area contributed by atoms with Crippen molar-refractivity contribution < 1.29 is 18.5 Å². The molecule has 1 N–H and O–H groups in total. The van der Waals surface area contributed by atoms with Gasteiger partial charge in [-0.05, 0) is 48.6 Å². The number of anilines is 1. The van der Waals surface area contributed by atoms with Gasteiger partial charge in [0.05, 0.1) is 21.8 Å². The fourth-order valence-corrected chi connectivity index (χ4v) is 4.86. The predicted molar refractivity (Wildman–Crippen MR) is 118 cm³/mol. The number of nitrogens with zero attached hydrogens (tertiary/aromatic N) is 4. The molecular weight excluding hydrogens is 452 g/mol. The van der Waals surface area contributed by atoms with Gasteiger partial charge in [0.2, 0.25) is 5.82 Å². The van der Waals surface area contributed by atoms with Gasteiger partial charge in [-0.25, -0.2) is 14.4 Å². The van der Waals surface area contributed by atoms with E-state index in [1.54, 1.807) is 12.5 Å². The number of amides is 1. The van der Waals surface area contributed by atoms with Gasteiger partial charge in [-0.15, -0.1) is 11.3 Å². The van der Waals surface area contributed by atoms with E-state index in [1.165, 1.54) is 0 Å². The number of nitrogens with one attached hydrogen (secondary N) is 1. The molecule has 0 fully saturated rings. The minimum Gasteiger partial charge on any atom is -0.315 e. The molecule has 0 atom stereocenters. The first-order valence-electron chi connectivity index (χ1n) is 9.97. The van der Waals surface area contributed by atoms with Gasteiger partial charge in [0.15, 0.2) is 5.01 Å². The van der Waals surface area contributed by atoms with Crippen LogP contribution in [0.25, 0.3) is 16.1 Å². The van der Waals surface area contributed by atoms with E-state index in [0.717, 1.165) is 57.6 Å². The highest BCUT2D eigenvalue weighted by Gasteiger charge is 2.26. The average Bonchev–Trinajstić information content (AvgIpc) is 3.44. The number of aromatic nitrogens is 3. The molecule has 5 rings (SSSR count). The second-order valence-electron chi connectivity index (χ2n) is 7.43. The minimum atomic E-state index is -1.44. The number of thiazole rings is 1. The first-order chi connectivity index (χ1) is 15.9. The molecule has 2 heterocycles. The van der Waals surface area contributed by atoms with Crippen molar-refractivity contribution in [1.82, 2.24) is 14.5 Å². The second kappa shape index (κ2) is 8.17. The Kier molecular flexibility index (Phi) is 5.17. The van der Waals surface area contributed by atoms with Crippen molar-refractivity contribution in [3.05, 3.63) is 87.1 Å². The number of nitro groups is 1. The van der Waals surface area contributed by atoms with E-state index in [2.05, 4.69) is 15.3 Å². The van der Waals surface area contributed by atoms with E-state index in [1.807, 2.05) is 29.0 Å². The Morgan fingerprint density at radius 3 is 2.82 bits per heavy atom. The van der Waals surface area contributed by atoms with Crippen LogP contribution < -0.4 is 5.32 Å². The quantitative estimate of drug-likeness (QED) is 0.339. The Hall–Kier alpha value is -3.99. The molecule has 0 radical (unpaired) electrons. The van der Waals surface area contributed by atoms with E-state index in [-0.39, 0.29) is 5.01 Å². The van der Waals surface area contributed by atoms with Gasteiger partial charge in [-0.1, -0.05) is 6.07 Å². The summed E-state index contributed by atoms with van der Waals surface area (Å²) in [5, 5.41) is 13.1. The highest BCUT2D eigenvalue weighted by Crippen LogP contribution is 2.38. The Labute approximate surface area is 189 Å². The van der Waals surface area contributed by atoms with E-state index in [9.17, 15) is 23.7 Å². The van der Waals surface area contributed by atoms with Crippen LogP contribution in [0.15, 0.2) is 49.1 Å². The number of imidazole rings is 1. The maximum atomic E-state index is 14.4. The molecule has 1 amide bonds. The third kappa shape index (κ3) is 3.76. The smallest absolute Gasteiger partial charge is 0.307 e. The number of carbonyl (C=O) groups excluding carboxylic acids is 1. The predicted octanol–water partition coefficient (Wildman–Crippen LogP) is 4.92. The van der Waals surface area contributed by atoms with Gasteiger partial charge < -0.3 is 9.88 Å². The molecule has 1 aliphatic carbocycles. The molecule has 0 spiro atoms. The van der Waals surface area contributed by atoms with Crippen LogP contribution in [0.1, 0.15) is 27.5 Å². The molecule has 0 saturated carbocycles. The lowest BCUT2D eigenvalue weighted by molar-refractivity contribution is -0.387. The van der Waals surface area contributed by atoms with Gasteiger partial charge in [0.1, 0.15) is 11.5 Å². The summed E-state index contributed by atoms with van der Waals surface area (Å²) in [6.07, 6.45) is 7.53. The van der Waals surface area contributed by atoms with Gasteiger partial charge in [-0.2, -0.15) is 4.39 Å². The van der Waals surface area contributed by atoms with Crippen molar-refractivity contribution in [2.45, 2.75) is 19.3 Å². The molecule has 4 aromatic rings. The SMILES string of the molecule is O=C(Nc1c(F)ccc([N+](=O)[O-])c1F)c1nc2c(s1)-c1cc(-n3ccnc3)ccc1CCC2. The zero-order valence-corrected chi connectivity index (χ0v) is 17.7. The summed E-state index contributed by atoms with van der Waals surface area (Å²) in [7, 11) is 0. The van der Waals surface area contributed by atoms with Crippen LogP contribution in [0.3, 0.4) is 0 Å². The fourth-order valence-electron chi connectivity index (χ4n) is 3.81. The number of nitro benzene ring substituents is 1. The number of rotatable bonds is 4. The maximum absolute atomic E-state index is 14.4. The molecule has 2 aromatic heterocycles. The number of carbonyl (C=O) groups is 1. The highest BCUT2D eigenvalue weighted by molar-refractivity contribution is 7.17. The number of aryl methyl sites for hydroxylation is 2. The number of benzene rings is 2. The van der Waals surface area contributed by atoms with E-state index >= 15 is 0 Å². The fraction of sp³-hybridized carbons (Fsp3) is 0.136. The lowest BCUT2D eigenvalue weighted by Gasteiger charge is -2.09. The Morgan fingerprint density at radius 2 is 2.06 bits per heavy atom. The van der Waals surface area contributed by atoms with Crippen molar-refractivity contribution in [2.75, 3.05) is 5.32 Å². The van der Waals surface area contributed by atoms with Crippen LogP contribution in [0.2, 0.25) is 0 Å². The first kappa shape index (κ1) is 20.9. The Morgan fingerprint density at radius 1 is 1.21 bits per heavy atom. The summed E-state index contributed by atoms with van der Waals surface area (Å²) in [6, 6.07) is 7.48. The number of halogens is 2. The van der Waals surface area contributed by atoms with Crippen molar-refractivity contribution in [1.29, 1.82) is 0 Å². The highest BCUT2D eigenvalue weighted by atomic mass is 32.1. The van der Waals surface area contributed by atoms with Crippen LogP contribution >= 0.6 is 11.3 Å². The molecule has 33 heavy (non-hydrogen) atoms. The number of hydrogen-bond acceptors (Lipinski definition) is 6. The first-order valence-corrected chi connectivity index (χ1v) is 10.8. The summed E-state index contributed by atoms with van der Waals surface area (Å²) in [5.74, 6) is -3.39. The molecule has 0 bridgehead atoms. The topological polar surface area (TPSA) is 103 Å². The molecular formula is C22H15F2N5O3S. The second-order valence-corrected chi connectivity index (χ2v) is 8.43. The molecule has 1 aliphatic rings. The van der Waals surface area contributed by atoms with E-state index in [0.29, 0.717) is 12.5 Å². The van der Waals surface area contributed by atoms with Crippen molar-refractivity contribution in [3.63, 3.8) is 0 Å². The van der Waals surface area contributed by atoms with Crippen LogP contribution in [0, 0.1) is 21.7 Å². The molecule has 2 aromatic carbocycles. The summed E-state index contributed by atoms with van der Waals surface area (Å²) >= 11 is 1.12. The zero-order chi connectivity index (χ0) is 23.1. The molecule has 0 unspecified atom stereocenters. The number of fused-ring (bicyclic) bond motifs is 3. The lowest BCUT2D eigenvalue weighted by atomic mass is 10.0. The largest absolute Gasteiger partial charge is 0.315 e. The third-order valence-corrected chi connectivity index (χ3v) is 6.53. The molecule has 11 heteroatoms. The van der Waals surface area contributed by atoms with Crippen LogP contribution in [-0.4, -0.2) is 25.4 Å². The van der Waals surface area contributed by atoms with E-state index in [4.69, 9.17) is 0 Å². The molecule has 8 nitrogen and oxygen atoms in total. The monoisotopic (exact) mass is 467 g/mol. The molecule has 0 saturated heterocycles. The normalized spacial score (nSPS) is 12.5.